The number of ether oxygens (including phenoxy) is 1. The molecule has 0 saturated heterocycles. The molecule has 3 heteroatoms. The lowest BCUT2D eigenvalue weighted by Gasteiger charge is -2.19. The van der Waals surface area contributed by atoms with Crippen molar-refractivity contribution in [2.75, 3.05) is 0 Å². The lowest BCUT2D eigenvalue weighted by molar-refractivity contribution is 0.0391. The van der Waals surface area contributed by atoms with Gasteiger partial charge in [-0.15, -0.1) is 0 Å². The van der Waals surface area contributed by atoms with Crippen molar-refractivity contribution < 1.29 is 9.15 Å². The molecule has 20 heavy (non-hydrogen) atoms. The lowest BCUT2D eigenvalue weighted by Crippen LogP contribution is -2.34. The Hall–Kier alpha value is -0.800. The highest BCUT2D eigenvalue weighted by Gasteiger charge is 2.13. The Labute approximate surface area is 124 Å². The lowest BCUT2D eigenvalue weighted by atomic mass is 10.1. The van der Waals surface area contributed by atoms with Gasteiger partial charge in [-0.2, -0.15) is 0 Å². The molecule has 116 valence electrons. The Morgan fingerprint density at radius 2 is 1.90 bits per heavy atom. The second kappa shape index (κ2) is 7.28. The van der Waals surface area contributed by atoms with Crippen LogP contribution >= 0.6 is 0 Å². The van der Waals surface area contributed by atoms with E-state index in [4.69, 9.17) is 9.15 Å². The predicted molar refractivity (Wildman–Crippen MR) is 83.7 cm³/mol. The van der Waals surface area contributed by atoms with Crippen LogP contribution < -0.4 is 5.32 Å². The number of hydrogen-bond acceptors (Lipinski definition) is 3. The van der Waals surface area contributed by atoms with Gasteiger partial charge in [0.15, 0.2) is 0 Å². The monoisotopic (exact) mass is 281 g/mol. The fourth-order valence-corrected chi connectivity index (χ4v) is 2.13. The molecule has 1 atom stereocenters. The van der Waals surface area contributed by atoms with Gasteiger partial charge in [0.1, 0.15) is 11.5 Å². The molecule has 0 fully saturated rings. The molecular weight excluding hydrogens is 250 g/mol. The standard InChI is InChI=1S/C17H31NO2/c1-12(2)8-13(3)19-11-15-9-16(20-14(15)4)10-18-17(5,6)7/h9,12-13,18H,8,10-11H2,1-7H3. The third kappa shape index (κ3) is 6.58. The maximum Gasteiger partial charge on any atom is 0.118 e. The SMILES string of the molecule is Cc1oc(CNC(C)(C)C)cc1COC(C)CC(C)C. The van der Waals surface area contributed by atoms with Gasteiger partial charge in [-0.05, 0) is 53.0 Å². The van der Waals surface area contributed by atoms with Gasteiger partial charge in [0.25, 0.3) is 0 Å². The van der Waals surface area contributed by atoms with Crippen molar-refractivity contribution in [1.29, 1.82) is 0 Å². The molecule has 1 rings (SSSR count). The summed E-state index contributed by atoms with van der Waals surface area (Å²) in [5.41, 5.74) is 1.26. The predicted octanol–water partition coefficient (Wildman–Crippen LogP) is 4.43. The summed E-state index contributed by atoms with van der Waals surface area (Å²) in [6.45, 7) is 16.4. The van der Waals surface area contributed by atoms with E-state index >= 15 is 0 Å². The fourth-order valence-electron chi connectivity index (χ4n) is 2.13. The first kappa shape index (κ1) is 17.3. The van der Waals surface area contributed by atoms with E-state index in [1.54, 1.807) is 0 Å². The van der Waals surface area contributed by atoms with Crippen molar-refractivity contribution in [3.8, 4) is 0 Å². The first-order chi connectivity index (χ1) is 9.17. The quantitative estimate of drug-likeness (QED) is 0.803. The van der Waals surface area contributed by atoms with Crippen LogP contribution in [-0.2, 0) is 17.9 Å². The largest absolute Gasteiger partial charge is 0.465 e. The normalized spacial score (nSPS) is 14.0. The summed E-state index contributed by atoms with van der Waals surface area (Å²) < 4.78 is 11.7. The van der Waals surface area contributed by atoms with Crippen LogP contribution in [0.2, 0.25) is 0 Å². The van der Waals surface area contributed by atoms with Crippen LogP contribution in [0.25, 0.3) is 0 Å². The van der Waals surface area contributed by atoms with Gasteiger partial charge in [-0.25, -0.2) is 0 Å². The molecule has 0 radical (unpaired) electrons. The highest BCUT2D eigenvalue weighted by atomic mass is 16.5. The number of furan rings is 1. The average molecular weight is 281 g/mol. The third-order valence-electron chi connectivity index (χ3n) is 3.19. The van der Waals surface area contributed by atoms with Crippen molar-refractivity contribution >= 4 is 0 Å². The summed E-state index contributed by atoms with van der Waals surface area (Å²) in [4.78, 5) is 0. The fraction of sp³-hybridized carbons (Fsp3) is 0.765. The van der Waals surface area contributed by atoms with Crippen LogP contribution in [0.4, 0.5) is 0 Å². The van der Waals surface area contributed by atoms with Crippen LogP contribution in [0.5, 0.6) is 0 Å². The molecule has 0 aromatic carbocycles. The number of hydrogen-bond donors (Lipinski definition) is 1. The van der Waals surface area contributed by atoms with Crippen LogP contribution in [0.1, 0.15) is 65.0 Å². The minimum absolute atomic E-state index is 0.100. The van der Waals surface area contributed by atoms with E-state index in [0.717, 1.165) is 30.0 Å². The summed E-state index contributed by atoms with van der Waals surface area (Å²) in [5, 5.41) is 3.44. The van der Waals surface area contributed by atoms with Gasteiger partial charge in [0, 0.05) is 11.1 Å². The zero-order chi connectivity index (χ0) is 15.3. The van der Waals surface area contributed by atoms with Crippen LogP contribution in [-0.4, -0.2) is 11.6 Å². The maximum atomic E-state index is 5.90. The van der Waals surface area contributed by atoms with Crippen molar-refractivity contribution in [3.63, 3.8) is 0 Å². The highest BCUT2D eigenvalue weighted by molar-refractivity contribution is 5.20. The van der Waals surface area contributed by atoms with E-state index in [9.17, 15) is 0 Å². The minimum atomic E-state index is 0.100. The molecule has 0 aliphatic rings. The van der Waals surface area contributed by atoms with E-state index in [-0.39, 0.29) is 5.54 Å². The Morgan fingerprint density at radius 3 is 2.45 bits per heavy atom. The Kier molecular flexibility index (Phi) is 6.28. The third-order valence-corrected chi connectivity index (χ3v) is 3.19. The molecule has 1 unspecified atom stereocenters. The van der Waals surface area contributed by atoms with Gasteiger partial charge in [-0.1, -0.05) is 13.8 Å². The van der Waals surface area contributed by atoms with Crippen LogP contribution in [0, 0.1) is 12.8 Å². The van der Waals surface area contributed by atoms with E-state index in [1.807, 2.05) is 6.92 Å². The molecular formula is C17H31NO2. The Balaban J connectivity index is 2.49. The maximum absolute atomic E-state index is 5.90. The van der Waals surface area contributed by atoms with Crippen molar-refractivity contribution in [2.45, 2.75) is 79.7 Å². The molecule has 0 bridgehead atoms. The number of aryl methyl sites for hydroxylation is 1. The van der Waals surface area contributed by atoms with E-state index in [0.29, 0.717) is 18.6 Å². The van der Waals surface area contributed by atoms with Crippen LogP contribution in [0.15, 0.2) is 10.5 Å². The van der Waals surface area contributed by atoms with Crippen molar-refractivity contribution in [3.05, 3.63) is 23.2 Å². The van der Waals surface area contributed by atoms with Gasteiger partial charge in [0.2, 0.25) is 0 Å². The zero-order valence-corrected chi connectivity index (χ0v) is 14.2. The second-order valence-corrected chi connectivity index (χ2v) is 7.15. The molecule has 0 aliphatic heterocycles. The summed E-state index contributed by atoms with van der Waals surface area (Å²) in [6, 6.07) is 2.11. The first-order valence-corrected chi connectivity index (χ1v) is 7.62. The summed E-state index contributed by atoms with van der Waals surface area (Å²) in [7, 11) is 0. The molecule has 3 nitrogen and oxygen atoms in total. The van der Waals surface area contributed by atoms with Gasteiger partial charge in [-0.3, -0.25) is 0 Å². The van der Waals surface area contributed by atoms with E-state index in [2.05, 4.69) is 52.9 Å². The number of rotatable bonds is 7. The highest BCUT2D eigenvalue weighted by Crippen LogP contribution is 2.18. The average Bonchev–Trinajstić information content (AvgIpc) is 2.63. The molecule has 1 heterocycles. The van der Waals surface area contributed by atoms with Crippen molar-refractivity contribution in [2.24, 2.45) is 5.92 Å². The topological polar surface area (TPSA) is 34.4 Å². The van der Waals surface area contributed by atoms with E-state index in [1.165, 1.54) is 0 Å². The molecule has 0 saturated carbocycles. The van der Waals surface area contributed by atoms with Gasteiger partial charge < -0.3 is 14.5 Å². The Morgan fingerprint density at radius 1 is 1.25 bits per heavy atom. The Bertz CT molecular complexity index is 402. The smallest absolute Gasteiger partial charge is 0.118 e. The zero-order valence-electron chi connectivity index (χ0n) is 14.2. The molecule has 1 aromatic rings. The molecule has 1 aromatic heterocycles. The van der Waals surface area contributed by atoms with Crippen molar-refractivity contribution in [1.82, 2.24) is 5.32 Å². The summed E-state index contributed by atoms with van der Waals surface area (Å²) in [5.74, 6) is 2.61. The summed E-state index contributed by atoms with van der Waals surface area (Å²) in [6.07, 6.45) is 1.38. The van der Waals surface area contributed by atoms with E-state index < -0.39 is 0 Å². The molecule has 0 spiro atoms. The molecule has 1 N–H and O–H groups in total. The van der Waals surface area contributed by atoms with Crippen LogP contribution in [0.3, 0.4) is 0 Å². The molecule has 0 aliphatic carbocycles. The molecule has 0 amide bonds. The second-order valence-electron chi connectivity index (χ2n) is 7.15. The minimum Gasteiger partial charge on any atom is -0.465 e. The first-order valence-electron chi connectivity index (χ1n) is 7.62. The van der Waals surface area contributed by atoms with Gasteiger partial charge >= 0.3 is 0 Å². The number of nitrogens with one attached hydrogen (secondary N) is 1. The summed E-state index contributed by atoms with van der Waals surface area (Å²) >= 11 is 0. The van der Waals surface area contributed by atoms with Gasteiger partial charge in [0.05, 0.1) is 19.3 Å².